The summed E-state index contributed by atoms with van der Waals surface area (Å²) < 4.78 is 5.44. The van der Waals surface area contributed by atoms with Crippen LogP contribution in [0, 0.1) is 0 Å². The number of benzene rings is 2. The molecule has 2 aromatic carbocycles. The Kier molecular flexibility index (Phi) is 5.01. The molecule has 0 saturated heterocycles. The van der Waals surface area contributed by atoms with Gasteiger partial charge in [0.25, 0.3) is 5.91 Å². The van der Waals surface area contributed by atoms with Crippen molar-refractivity contribution < 1.29 is 14.0 Å². The molecule has 29 heavy (non-hydrogen) atoms. The highest BCUT2D eigenvalue weighted by molar-refractivity contribution is 6.34. The third-order valence-corrected chi connectivity index (χ3v) is 4.58. The molecule has 2 heterocycles. The average Bonchev–Trinajstić information content (AvgIpc) is 3.24. The summed E-state index contributed by atoms with van der Waals surface area (Å²) in [5.74, 6) is 0.0460. The third-order valence-electron chi connectivity index (χ3n) is 4.27. The molecule has 4 rings (SSSR count). The van der Waals surface area contributed by atoms with Gasteiger partial charge >= 0.3 is 0 Å². The maximum Gasteiger partial charge on any atom is 0.256 e. The zero-order valence-electron chi connectivity index (χ0n) is 15.4. The number of nitrogens with one attached hydrogen (secondary N) is 2. The van der Waals surface area contributed by atoms with Crippen molar-refractivity contribution >= 4 is 45.7 Å². The van der Waals surface area contributed by atoms with Gasteiger partial charge in [-0.25, -0.2) is 4.98 Å². The summed E-state index contributed by atoms with van der Waals surface area (Å²) in [4.78, 5) is 28.8. The first-order chi connectivity index (χ1) is 14.0. The number of halogens is 1. The Morgan fingerprint density at radius 2 is 1.83 bits per heavy atom. The highest BCUT2D eigenvalue weighted by Crippen LogP contribution is 2.28. The molecule has 0 spiro atoms. The first kappa shape index (κ1) is 18.7. The molecule has 0 unspecified atom stereocenters. The summed E-state index contributed by atoms with van der Waals surface area (Å²) in [5, 5.41) is 6.53. The highest BCUT2D eigenvalue weighted by atomic mass is 35.5. The van der Waals surface area contributed by atoms with Gasteiger partial charge < -0.3 is 15.1 Å². The summed E-state index contributed by atoms with van der Waals surface area (Å²) in [6, 6.07) is 17.6. The summed E-state index contributed by atoms with van der Waals surface area (Å²) >= 11 is 6.20. The van der Waals surface area contributed by atoms with Crippen molar-refractivity contribution in [1.82, 2.24) is 4.98 Å². The standard InChI is InChI=1S/C22H16ClN3O3/c1-13(27)24-19-9-8-14(11-17(19)23)25-22(28)16-12-20(21-7-4-10-29-21)26-18-6-3-2-5-15(16)18/h2-12H,1H3,(H,24,27)(H,25,28). The van der Waals surface area contributed by atoms with E-state index < -0.39 is 0 Å². The van der Waals surface area contributed by atoms with E-state index in [4.69, 9.17) is 16.0 Å². The largest absolute Gasteiger partial charge is 0.463 e. The van der Waals surface area contributed by atoms with Crippen LogP contribution in [0.1, 0.15) is 17.3 Å². The van der Waals surface area contributed by atoms with Crippen LogP contribution >= 0.6 is 11.6 Å². The number of pyridine rings is 1. The van der Waals surface area contributed by atoms with Gasteiger partial charge in [-0.05, 0) is 42.5 Å². The lowest BCUT2D eigenvalue weighted by Gasteiger charge is -2.11. The number of amides is 2. The zero-order chi connectivity index (χ0) is 20.4. The molecular weight excluding hydrogens is 390 g/mol. The molecular formula is C22H16ClN3O3. The lowest BCUT2D eigenvalue weighted by Crippen LogP contribution is -2.13. The maximum atomic E-state index is 13.0. The van der Waals surface area contributed by atoms with Crippen LogP contribution in [0.2, 0.25) is 5.02 Å². The monoisotopic (exact) mass is 405 g/mol. The van der Waals surface area contributed by atoms with Crippen molar-refractivity contribution in [3.8, 4) is 11.5 Å². The number of nitrogens with zero attached hydrogens (tertiary/aromatic N) is 1. The smallest absolute Gasteiger partial charge is 0.256 e. The molecule has 2 amide bonds. The van der Waals surface area contributed by atoms with Crippen LogP contribution in [0.5, 0.6) is 0 Å². The number of furan rings is 1. The number of rotatable bonds is 4. The fourth-order valence-corrected chi connectivity index (χ4v) is 3.22. The molecule has 0 aliphatic heterocycles. The van der Waals surface area contributed by atoms with Gasteiger partial charge in [0.05, 0.1) is 28.1 Å². The quantitative estimate of drug-likeness (QED) is 0.478. The summed E-state index contributed by atoms with van der Waals surface area (Å²) in [6.07, 6.45) is 1.56. The second-order valence-corrected chi connectivity index (χ2v) is 6.79. The molecule has 0 aliphatic carbocycles. The van der Waals surface area contributed by atoms with Crippen LogP contribution in [-0.2, 0) is 4.79 Å². The van der Waals surface area contributed by atoms with E-state index in [9.17, 15) is 9.59 Å². The molecule has 6 nitrogen and oxygen atoms in total. The Morgan fingerprint density at radius 3 is 2.55 bits per heavy atom. The summed E-state index contributed by atoms with van der Waals surface area (Å²) in [7, 11) is 0. The Balaban J connectivity index is 1.70. The van der Waals surface area contributed by atoms with Crippen LogP contribution < -0.4 is 10.6 Å². The summed E-state index contributed by atoms with van der Waals surface area (Å²) in [6.45, 7) is 1.40. The normalized spacial score (nSPS) is 10.7. The minimum absolute atomic E-state index is 0.225. The van der Waals surface area contributed by atoms with Crippen molar-refractivity contribution in [3.63, 3.8) is 0 Å². The minimum atomic E-state index is -0.306. The van der Waals surface area contributed by atoms with E-state index in [0.29, 0.717) is 38.9 Å². The van der Waals surface area contributed by atoms with Gasteiger partial charge in [0.1, 0.15) is 5.69 Å². The van der Waals surface area contributed by atoms with Crippen LogP contribution in [0.15, 0.2) is 71.3 Å². The van der Waals surface area contributed by atoms with Crippen molar-refractivity contribution in [2.45, 2.75) is 6.92 Å². The van der Waals surface area contributed by atoms with E-state index in [1.807, 2.05) is 24.3 Å². The molecule has 0 atom stereocenters. The first-order valence-corrected chi connectivity index (χ1v) is 9.21. The fraction of sp³-hybridized carbons (Fsp3) is 0.0455. The molecule has 2 aromatic heterocycles. The molecule has 4 aromatic rings. The van der Waals surface area contributed by atoms with Crippen LogP contribution in [-0.4, -0.2) is 16.8 Å². The van der Waals surface area contributed by atoms with Crippen molar-refractivity contribution in [2.75, 3.05) is 10.6 Å². The lowest BCUT2D eigenvalue weighted by atomic mass is 10.1. The lowest BCUT2D eigenvalue weighted by molar-refractivity contribution is -0.114. The second kappa shape index (κ2) is 7.77. The SMILES string of the molecule is CC(=O)Nc1ccc(NC(=O)c2cc(-c3ccco3)nc3ccccc23)cc1Cl. The molecule has 0 aliphatic rings. The Morgan fingerprint density at radius 1 is 1.00 bits per heavy atom. The topological polar surface area (TPSA) is 84.2 Å². The molecule has 0 bridgehead atoms. The van der Waals surface area contributed by atoms with Gasteiger partial charge in [-0.1, -0.05) is 29.8 Å². The van der Waals surface area contributed by atoms with Crippen molar-refractivity contribution in [3.05, 3.63) is 77.5 Å². The molecule has 2 N–H and O–H groups in total. The summed E-state index contributed by atoms with van der Waals surface area (Å²) in [5.41, 5.74) is 2.70. The van der Waals surface area contributed by atoms with Crippen LogP contribution in [0.25, 0.3) is 22.4 Å². The number of anilines is 2. The van der Waals surface area contributed by atoms with E-state index in [0.717, 1.165) is 5.39 Å². The zero-order valence-corrected chi connectivity index (χ0v) is 16.2. The average molecular weight is 406 g/mol. The number of carbonyl (C=O) groups is 2. The van der Waals surface area contributed by atoms with Gasteiger partial charge in [0, 0.05) is 18.0 Å². The first-order valence-electron chi connectivity index (χ1n) is 8.83. The number of fused-ring (bicyclic) bond motifs is 1. The molecule has 0 fully saturated rings. The molecule has 7 heteroatoms. The number of hydrogen-bond donors (Lipinski definition) is 2. The van der Waals surface area contributed by atoms with Crippen LogP contribution in [0.3, 0.4) is 0 Å². The molecule has 0 radical (unpaired) electrons. The van der Waals surface area contributed by atoms with Gasteiger partial charge in [-0.15, -0.1) is 0 Å². The second-order valence-electron chi connectivity index (χ2n) is 6.38. The number of para-hydroxylation sites is 1. The van der Waals surface area contributed by atoms with E-state index >= 15 is 0 Å². The molecule has 144 valence electrons. The third kappa shape index (κ3) is 3.97. The van der Waals surface area contributed by atoms with E-state index in [2.05, 4.69) is 15.6 Å². The Hall–Kier alpha value is -3.64. The predicted molar refractivity (Wildman–Crippen MR) is 113 cm³/mol. The Bertz CT molecular complexity index is 1220. The van der Waals surface area contributed by atoms with Crippen LogP contribution in [0.4, 0.5) is 11.4 Å². The highest BCUT2D eigenvalue weighted by Gasteiger charge is 2.16. The number of hydrogen-bond acceptors (Lipinski definition) is 4. The van der Waals surface area contributed by atoms with Gasteiger partial charge in [-0.2, -0.15) is 0 Å². The van der Waals surface area contributed by atoms with Crippen molar-refractivity contribution in [2.24, 2.45) is 0 Å². The maximum absolute atomic E-state index is 13.0. The number of aromatic nitrogens is 1. The number of carbonyl (C=O) groups excluding carboxylic acids is 2. The van der Waals surface area contributed by atoms with Gasteiger partial charge in [0.2, 0.25) is 5.91 Å². The van der Waals surface area contributed by atoms with E-state index in [1.165, 1.54) is 6.92 Å². The van der Waals surface area contributed by atoms with Gasteiger partial charge in [-0.3, -0.25) is 9.59 Å². The predicted octanol–water partition coefficient (Wildman–Crippen LogP) is 5.36. The minimum Gasteiger partial charge on any atom is -0.463 e. The van der Waals surface area contributed by atoms with Crippen molar-refractivity contribution in [1.29, 1.82) is 0 Å². The van der Waals surface area contributed by atoms with Gasteiger partial charge in [0.15, 0.2) is 5.76 Å². The van der Waals surface area contributed by atoms with E-state index in [-0.39, 0.29) is 11.8 Å². The molecule has 0 saturated carbocycles. The van der Waals surface area contributed by atoms with E-state index in [1.54, 1.807) is 42.7 Å². The Labute approximate surface area is 171 Å². The fourth-order valence-electron chi connectivity index (χ4n) is 3.00.